The van der Waals surface area contributed by atoms with Crippen LogP contribution in [0, 0.1) is 0 Å². The van der Waals surface area contributed by atoms with E-state index in [4.69, 9.17) is 9.47 Å². The summed E-state index contributed by atoms with van der Waals surface area (Å²) in [5.74, 6) is 2.30. The van der Waals surface area contributed by atoms with E-state index in [1.54, 1.807) is 19.1 Å². The Morgan fingerprint density at radius 2 is 2.10 bits per heavy atom. The van der Waals surface area contributed by atoms with Gasteiger partial charge in [0.2, 0.25) is 5.91 Å². The largest absolute Gasteiger partial charge is 0.493 e. The highest BCUT2D eigenvalue weighted by Crippen LogP contribution is 2.30. The van der Waals surface area contributed by atoms with Crippen LogP contribution in [0.5, 0.6) is 11.5 Å². The maximum absolute atomic E-state index is 12.3. The number of anilines is 1. The van der Waals surface area contributed by atoms with Gasteiger partial charge in [-0.05, 0) is 44.9 Å². The Hall–Kier alpha value is -1.75. The molecular weight excluding hydrogens is 497 g/mol. The molecule has 1 unspecified atom stereocenters. The van der Waals surface area contributed by atoms with Gasteiger partial charge in [-0.2, -0.15) is 0 Å². The predicted octanol–water partition coefficient (Wildman–Crippen LogP) is 2.64. The average Bonchev–Trinajstić information content (AvgIpc) is 3.19. The van der Waals surface area contributed by atoms with Crippen LogP contribution < -0.4 is 20.1 Å². The summed E-state index contributed by atoms with van der Waals surface area (Å²) in [5, 5.41) is 6.60. The van der Waals surface area contributed by atoms with Crippen LogP contribution >= 0.6 is 24.0 Å². The number of amides is 1. The van der Waals surface area contributed by atoms with Crippen molar-refractivity contribution in [3.05, 3.63) is 18.2 Å². The number of halogens is 1. The van der Waals surface area contributed by atoms with Crippen LogP contribution in [0.25, 0.3) is 0 Å². The highest BCUT2D eigenvalue weighted by atomic mass is 127. The third-order valence-corrected chi connectivity index (χ3v) is 4.95. The first-order chi connectivity index (χ1) is 14.0. The van der Waals surface area contributed by atoms with Crippen LogP contribution in [0.15, 0.2) is 23.2 Å². The molecule has 1 aromatic rings. The first-order valence-electron chi connectivity index (χ1n) is 10.2. The molecule has 1 fully saturated rings. The zero-order valence-electron chi connectivity index (χ0n) is 18.7. The summed E-state index contributed by atoms with van der Waals surface area (Å²) in [6.45, 7) is 5.18. The topological polar surface area (TPSA) is 78.4 Å². The Balaban J connectivity index is 0.00000450. The SMILES string of the molecule is CCOc1ccc(NC(=NC)NCCCN2CCCC2C(=O)N(C)C)cc1OC.I. The average molecular weight is 533 g/mol. The molecule has 0 aliphatic carbocycles. The molecule has 0 aromatic heterocycles. The molecule has 8 nitrogen and oxygen atoms in total. The number of nitrogens with one attached hydrogen (secondary N) is 2. The maximum atomic E-state index is 12.3. The van der Waals surface area contributed by atoms with E-state index < -0.39 is 0 Å². The highest BCUT2D eigenvalue weighted by molar-refractivity contribution is 14.0. The van der Waals surface area contributed by atoms with Gasteiger partial charge in [-0.1, -0.05) is 0 Å². The van der Waals surface area contributed by atoms with Gasteiger partial charge in [0.25, 0.3) is 0 Å². The molecule has 0 bridgehead atoms. The van der Waals surface area contributed by atoms with E-state index in [0.29, 0.717) is 18.3 Å². The molecule has 1 aromatic carbocycles. The molecule has 2 N–H and O–H groups in total. The number of carbonyl (C=O) groups is 1. The number of likely N-dealkylation sites (tertiary alicyclic amines) is 1. The number of rotatable bonds is 9. The van der Waals surface area contributed by atoms with E-state index in [0.717, 1.165) is 50.3 Å². The molecule has 1 amide bonds. The van der Waals surface area contributed by atoms with Crippen LogP contribution in [0.4, 0.5) is 5.69 Å². The van der Waals surface area contributed by atoms with Crippen molar-refractivity contribution in [1.29, 1.82) is 0 Å². The highest BCUT2D eigenvalue weighted by Gasteiger charge is 2.30. The standard InChI is InChI=1S/C21H35N5O3.HI/c1-6-29-18-11-10-16(15-19(18)28-5)24-21(22-2)23-12-8-14-26-13-7-9-17(26)20(27)25(3)4;/h10-11,15,17H,6-9,12-14H2,1-5H3,(H2,22,23,24);1H. The Morgan fingerprint density at radius 1 is 1.33 bits per heavy atom. The lowest BCUT2D eigenvalue weighted by atomic mass is 10.2. The lowest BCUT2D eigenvalue weighted by molar-refractivity contribution is -0.133. The number of carbonyl (C=O) groups excluding carboxylic acids is 1. The fourth-order valence-corrected chi connectivity index (χ4v) is 3.50. The van der Waals surface area contributed by atoms with Crippen molar-refractivity contribution in [2.45, 2.75) is 32.2 Å². The zero-order valence-corrected chi connectivity index (χ0v) is 21.1. The van der Waals surface area contributed by atoms with Gasteiger partial charge in [-0.3, -0.25) is 14.7 Å². The van der Waals surface area contributed by atoms with Gasteiger partial charge >= 0.3 is 0 Å². The molecule has 170 valence electrons. The first kappa shape index (κ1) is 26.3. The number of nitrogens with zero attached hydrogens (tertiary/aromatic N) is 3. The van der Waals surface area contributed by atoms with Crippen molar-refractivity contribution in [3.8, 4) is 11.5 Å². The van der Waals surface area contributed by atoms with Crippen molar-refractivity contribution >= 4 is 41.5 Å². The fraction of sp³-hybridized carbons (Fsp3) is 0.619. The molecular formula is C21H36IN5O3. The lowest BCUT2D eigenvalue weighted by Gasteiger charge is -2.26. The van der Waals surface area contributed by atoms with Gasteiger partial charge < -0.3 is 25.0 Å². The van der Waals surface area contributed by atoms with Gasteiger partial charge in [0.1, 0.15) is 0 Å². The first-order valence-corrected chi connectivity index (χ1v) is 10.2. The monoisotopic (exact) mass is 533 g/mol. The van der Waals surface area contributed by atoms with Crippen molar-refractivity contribution in [2.75, 3.05) is 59.8 Å². The second kappa shape index (κ2) is 13.5. The molecule has 0 spiro atoms. The van der Waals surface area contributed by atoms with E-state index in [9.17, 15) is 4.79 Å². The number of aliphatic imine (C=N–C) groups is 1. The summed E-state index contributed by atoms with van der Waals surface area (Å²) in [6.07, 6.45) is 2.97. The fourth-order valence-electron chi connectivity index (χ4n) is 3.50. The lowest BCUT2D eigenvalue weighted by Crippen LogP contribution is -2.43. The number of ether oxygens (including phenoxy) is 2. The van der Waals surface area contributed by atoms with Gasteiger partial charge in [0, 0.05) is 46.0 Å². The summed E-state index contributed by atoms with van der Waals surface area (Å²) in [5.41, 5.74) is 0.870. The summed E-state index contributed by atoms with van der Waals surface area (Å²) < 4.78 is 10.9. The molecule has 1 saturated heterocycles. The third-order valence-electron chi connectivity index (χ3n) is 4.95. The number of likely N-dealkylation sites (N-methyl/N-ethyl adjacent to an activating group) is 1. The minimum absolute atomic E-state index is 0. The Bertz CT molecular complexity index is 699. The van der Waals surface area contributed by atoms with Gasteiger partial charge in [0.05, 0.1) is 19.8 Å². The molecule has 1 aliphatic heterocycles. The minimum atomic E-state index is 0. The van der Waals surface area contributed by atoms with Gasteiger partial charge in [-0.15, -0.1) is 24.0 Å². The van der Waals surface area contributed by atoms with Crippen molar-refractivity contribution in [2.24, 2.45) is 4.99 Å². The van der Waals surface area contributed by atoms with Crippen LogP contribution in [0.3, 0.4) is 0 Å². The number of guanidine groups is 1. The summed E-state index contributed by atoms with van der Waals surface area (Å²) >= 11 is 0. The molecule has 0 radical (unpaired) electrons. The zero-order chi connectivity index (χ0) is 21.2. The van der Waals surface area contributed by atoms with E-state index in [-0.39, 0.29) is 35.9 Å². The summed E-state index contributed by atoms with van der Waals surface area (Å²) in [4.78, 5) is 20.5. The molecule has 0 saturated carbocycles. The second-order valence-electron chi connectivity index (χ2n) is 7.20. The van der Waals surface area contributed by atoms with Crippen LogP contribution in [-0.2, 0) is 4.79 Å². The number of hydrogen-bond donors (Lipinski definition) is 2. The van der Waals surface area contributed by atoms with Crippen LogP contribution in [0.2, 0.25) is 0 Å². The Kier molecular flexibility index (Phi) is 11.9. The number of hydrogen-bond acceptors (Lipinski definition) is 5. The quantitative estimate of drug-likeness (QED) is 0.220. The second-order valence-corrected chi connectivity index (χ2v) is 7.20. The van der Waals surface area contributed by atoms with Crippen molar-refractivity contribution < 1.29 is 14.3 Å². The van der Waals surface area contributed by atoms with E-state index >= 15 is 0 Å². The Labute approximate surface area is 197 Å². The normalized spacial score (nSPS) is 16.6. The van der Waals surface area contributed by atoms with Crippen LogP contribution in [0.1, 0.15) is 26.2 Å². The van der Waals surface area contributed by atoms with E-state index in [1.165, 1.54) is 0 Å². The number of benzene rings is 1. The van der Waals surface area contributed by atoms with Crippen molar-refractivity contribution in [3.63, 3.8) is 0 Å². The molecule has 1 aliphatic rings. The van der Waals surface area contributed by atoms with E-state index in [1.807, 2.05) is 39.2 Å². The summed E-state index contributed by atoms with van der Waals surface area (Å²) in [6, 6.07) is 5.73. The summed E-state index contributed by atoms with van der Waals surface area (Å²) in [7, 11) is 7.02. The van der Waals surface area contributed by atoms with Crippen LogP contribution in [-0.4, -0.2) is 82.2 Å². The molecule has 1 heterocycles. The van der Waals surface area contributed by atoms with Gasteiger partial charge in [0.15, 0.2) is 17.5 Å². The number of methoxy groups -OCH3 is 1. The maximum Gasteiger partial charge on any atom is 0.239 e. The minimum Gasteiger partial charge on any atom is -0.493 e. The predicted molar refractivity (Wildman–Crippen MR) is 132 cm³/mol. The Morgan fingerprint density at radius 3 is 2.73 bits per heavy atom. The van der Waals surface area contributed by atoms with E-state index in [2.05, 4.69) is 20.5 Å². The third kappa shape index (κ3) is 7.50. The van der Waals surface area contributed by atoms with Gasteiger partial charge in [-0.25, -0.2) is 0 Å². The van der Waals surface area contributed by atoms with Crippen molar-refractivity contribution in [1.82, 2.24) is 15.1 Å². The molecule has 30 heavy (non-hydrogen) atoms. The molecule has 9 heteroatoms. The smallest absolute Gasteiger partial charge is 0.239 e. The molecule has 2 rings (SSSR count). The molecule has 1 atom stereocenters.